The molecule has 0 aliphatic carbocycles. The van der Waals surface area contributed by atoms with Gasteiger partial charge in [0.1, 0.15) is 0 Å². The lowest BCUT2D eigenvalue weighted by molar-refractivity contribution is -0.384. The van der Waals surface area contributed by atoms with Crippen LogP contribution >= 0.6 is 0 Å². The second kappa shape index (κ2) is 6.30. The van der Waals surface area contributed by atoms with Crippen molar-refractivity contribution in [2.24, 2.45) is 0 Å². The molecule has 0 saturated heterocycles. The minimum atomic E-state index is -0.631. The van der Waals surface area contributed by atoms with Crippen LogP contribution < -0.4 is 4.90 Å². The molecule has 0 radical (unpaired) electrons. The van der Waals surface area contributed by atoms with Crippen molar-refractivity contribution in [3.63, 3.8) is 0 Å². The Balaban J connectivity index is 2.65. The van der Waals surface area contributed by atoms with Gasteiger partial charge in [-0.1, -0.05) is 32.8 Å². The van der Waals surface area contributed by atoms with Gasteiger partial charge in [0.05, 0.1) is 10.3 Å². The molecule has 1 aliphatic rings. The molecule has 0 unspecified atom stereocenters. The first-order valence-electron chi connectivity index (χ1n) is 7.73. The second-order valence-electron chi connectivity index (χ2n) is 5.75. The standard InChI is InChI=1S/C17H22N2O3/c1-4-9-17(10-5-2)14-12-13(19(21)22)7-8-15(14)18(11-6-3)16(17)20/h6-8,12H,3-5,9-11H2,1-2H3. The molecule has 1 aliphatic heterocycles. The van der Waals surface area contributed by atoms with Gasteiger partial charge in [-0.2, -0.15) is 0 Å². The lowest BCUT2D eigenvalue weighted by Gasteiger charge is -2.28. The van der Waals surface area contributed by atoms with Crippen LogP contribution in [0.25, 0.3) is 0 Å². The Bertz CT molecular complexity index is 604. The molecule has 118 valence electrons. The maximum Gasteiger partial charge on any atom is 0.269 e. The van der Waals surface area contributed by atoms with E-state index in [0.717, 1.165) is 24.1 Å². The Hall–Kier alpha value is -2.17. The Morgan fingerprint density at radius 1 is 1.32 bits per heavy atom. The highest BCUT2D eigenvalue weighted by Crippen LogP contribution is 2.48. The van der Waals surface area contributed by atoms with Crippen LogP contribution in [0.4, 0.5) is 11.4 Å². The van der Waals surface area contributed by atoms with Gasteiger partial charge in [0.25, 0.3) is 5.69 Å². The van der Waals surface area contributed by atoms with Crippen molar-refractivity contribution < 1.29 is 9.72 Å². The zero-order valence-electron chi connectivity index (χ0n) is 13.2. The number of amides is 1. The first-order valence-corrected chi connectivity index (χ1v) is 7.73. The summed E-state index contributed by atoms with van der Waals surface area (Å²) in [7, 11) is 0. The van der Waals surface area contributed by atoms with Crippen molar-refractivity contribution in [2.45, 2.75) is 44.9 Å². The largest absolute Gasteiger partial charge is 0.308 e. The van der Waals surface area contributed by atoms with Crippen molar-refractivity contribution in [1.29, 1.82) is 0 Å². The topological polar surface area (TPSA) is 63.5 Å². The normalized spacial score (nSPS) is 15.7. The van der Waals surface area contributed by atoms with Crippen LogP contribution in [0.5, 0.6) is 0 Å². The van der Waals surface area contributed by atoms with E-state index < -0.39 is 10.3 Å². The van der Waals surface area contributed by atoms with Crippen molar-refractivity contribution in [2.75, 3.05) is 11.4 Å². The van der Waals surface area contributed by atoms with E-state index in [1.165, 1.54) is 6.07 Å². The molecule has 1 heterocycles. The van der Waals surface area contributed by atoms with Crippen LogP contribution in [-0.2, 0) is 10.2 Å². The number of rotatable bonds is 7. The summed E-state index contributed by atoms with van der Waals surface area (Å²) in [5, 5.41) is 11.1. The van der Waals surface area contributed by atoms with Crippen molar-refractivity contribution >= 4 is 17.3 Å². The maximum atomic E-state index is 13.0. The summed E-state index contributed by atoms with van der Waals surface area (Å²) in [5.74, 6) is 0.0478. The number of hydrogen-bond acceptors (Lipinski definition) is 3. The van der Waals surface area contributed by atoms with Crippen LogP contribution in [0.2, 0.25) is 0 Å². The quantitative estimate of drug-likeness (QED) is 0.435. The first kappa shape index (κ1) is 16.2. The number of nitro benzene ring substituents is 1. The zero-order chi connectivity index (χ0) is 16.3. The highest BCUT2D eigenvalue weighted by molar-refractivity contribution is 6.08. The average Bonchev–Trinajstić information content (AvgIpc) is 2.71. The van der Waals surface area contributed by atoms with E-state index >= 15 is 0 Å². The van der Waals surface area contributed by atoms with E-state index in [1.807, 2.05) is 13.8 Å². The van der Waals surface area contributed by atoms with Crippen molar-refractivity contribution in [3.05, 3.63) is 46.5 Å². The molecule has 1 aromatic rings. The molecule has 0 saturated carbocycles. The van der Waals surface area contributed by atoms with E-state index in [1.54, 1.807) is 23.1 Å². The van der Waals surface area contributed by atoms with Gasteiger partial charge in [0.2, 0.25) is 5.91 Å². The first-order chi connectivity index (χ1) is 10.5. The van der Waals surface area contributed by atoms with E-state index in [9.17, 15) is 14.9 Å². The summed E-state index contributed by atoms with van der Waals surface area (Å²) in [5.41, 5.74) is 1.01. The molecule has 0 N–H and O–H groups in total. The average molecular weight is 302 g/mol. The molecule has 5 nitrogen and oxygen atoms in total. The van der Waals surface area contributed by atoms with E-state index in [2.05, 4.69) is 6.58 Å². The highest BCUT2D eigenvalue weighted by atomic mass is 16.6. The molecule has 0 fully saturated rings. The van der Waals surface area contributed by atoms with Gasteiger partial charge >= 0.3 is 0 Å². The number of non-ortho nitro benzene ring substituents is 1. The van der Waals surface area contributed by atoms with Gasteiger partial charge in [0, 0.05) is 24.4 Å². The SMILES string of the molecule is C=CCN1C(=O)C(CCC)(CCC)c2cc([N+](=O)[O-])ccc21. The minimum absolute atomic E-state index is 0.0450. The van der Waals surface area contributed by atoms with Gasteiger partial charge in [-0.3, -0.25) is 14.9 Å². The molecular weight excluding hydrogens is 280 g/mol. The summed E-state index contributed by atoms with van der Waals surface area (Å²) >= 11 is 0. The zero-order valence-corrected chi connectivity index (χ0v) is 13.2. The number of fused-ring (bicyclic) bond motifs is 1. The lowest BCUT2D eigenvalue weighted by Crippen LogP contribution is -2.40. The monoisotopic (exact) mass is 302 g/mol. The number of hydrogen-bond donors (Lipinski definition) is 0. The molecule has 5 heteroatoms. The number of nitrogens with zero attached hydrogens (tertiary/aromatic N) is 2. The van der Waals surface area contributed by atoms with Crippen LogP contribution in [0.15, 0.2) is 30.9 Å². The number of nitro groups is 1. The predicted molar refractivity (Wildman–Crippen MR) is 87.1 cm³/mol. The molecule has 22 heavy (non-hydrogen) atoms. The Kier molecular flexibility index (Phi) is 4.64. The summed E-state index contributed by atoms with van der Waals surface area (Å²) in [6.07, 6.45) is 4.83. The van der Waals surface area contributed by atoms with Crippen LogP contribution in [0, 0.1) is 10.1 Å². The van der Waals surface area contributed by atoms with Crippen molar-refractivity contribution in [1.82, 2.24) is 0 Å². The van der Waals surface area contributed by atoms with Crippen LogP contribution in [0.1, 0.15) is 45.1 Å². The summed E-state index contributed by atoms with van der Waals surface area (Å²) in [4.78, 5) is 25.5. The summed E-state index contributed by atoms with van der Waals surface area (Å²) in [6.45, 7) is 8.22. The lowest BCUT2D eigenvalue weighted by atomic mass is 9.74. The number of carbonyl (C=O) groups is 1. The fourth-order valence-electron chi connectivity index (χ4n) is 3.51. The van der Waals surface area contributed by atoms with Crippen LogP contribution in [-0.4, -0.2) is 17.4 Å². The van der Waals surface area contributed by atoms with Gasteiger partial charge in [-0.15, -0.1) is 6.58 Å². The van der Waals surface area contributed by atoms with Gasteiger partial charge < -0.3 is 4.90 Å². The Morgan fingerprint density at radius 2 is 1.95 bits per heavy atom. The molecule has 2 rings (SSSR count). The maximum absolute atomic E-state index is 13.0. The molecule has 1 aromatic carbocycles. The van der Waals surface area contributed by atoms with Crippen LogP contribution in [0.3, 0.4) is 0 Å². The summed E-state index contributed by atoms with van der Waals surface area (Å²) < 4.78 is 0. The molecule has 1 amide bonds. The van der Waals surface area contributed by atoms with Gasteiger partial charge in [0.15, 0.2) is 0 Å². The third kappa shape index (κ3) is 2.40. The van der Waals surface area contributed by atoms with E-state index in [4.69, 9.17) is 0 Å². The number of carbonyl (C=O) groups excluding carboxylic acids is 1. The second-order valence-corrected chi connectivity index (χ2v) is 5.75. The van der Waals surface area contributed by atoms with Gasteiger partial charge in [-0.05, 0) is 24.5 Å². The van der Waals surface area contributed by atoms with Crippen molar-refractivity contribution in [3.8, 4) is 0 Å². The molecule has 0 spiro atoms. The Labute approximate surface area is 130 Å². The Morgan fingerprint density at radius 3 is 2.45 bits per heavy atom. The molecular formula is C17H22N2O3. The van der Waals surface area contributed by atoms with E-state index in [0.29, 0.717) is 19.4 Å². The van der Waals surface area contributed by atoms with E-state index in [-0.39, 0.29) is 11.6 Å². The number of benzene rings is 1. The fourth-order valence-corrected chi connectivity index (χ4v) is 3.51. The predicted octanol–water partition coefficient (Wildman–Crippen LogP) is 3.97. The fraction of sp³-hybridized carbons (Fsp3) is 0.471. The summed E-state index contributed by atoms with van der Waals surface area (Å²) in [6, 6.07) is 4.75. The minimum Gasteiger partial charge on any atom is -0.308 e. The third-order valence-electron chi connectivity index (χ3n) is 4.32. The molecule has 0 bridgehead atoms. The smallest absolute Gasteiger partial charge is 0.269 e. The van der Waals surface area contributed by atoms with Gasteiger partial charge in [-0.25, -0.2) is 0 Å². The molecule has 0 aromatic heterocycles. The molecule has 0 atom stereocenters. The number of anilines is 1. The third-order valence-corrected chi connectivity index (χ3v) is 4.32. The highest BCUT2D eigenvalue weighted by Gasteiger charge is 2.49.